The van der Waals surface area contributed by atoms with Gasteiger partial charge in [0, 0.05) is 35.7 Å². The second kappa shape index (κ2) is 11.1. The Kier molecular flexibility index (Phi) is 8.49. The fourth-order valence-corrected chi connectivity index (χ4v) is 5.73. The predicted octanol–water partition coefficient (Wildman–Crippen LogP) is 5.49. The van der Waals surface area contributed by atoms with Crippen molar-refractivity contribution in [2.24, 2.45) is 5.16 Å². The van der Waals surface area contributed by atoms with Crippen LogP contribution in [0.4, 0.5) is 39.5 Å². The lowest BCUT2D eigenvalue weighted by molar-refractivity contribution is -0.276. The van der Waals surface area contributed by atoms with E-state index in [2.05, 4.69) is 14.7 Å². The molecular weight excluding hydrogens is 649 g/mol. The average molecular weight is 668 g/mol. The van der Waals surface area contributed by atoms with Crippen molar-refractivity contribution >= 4 is 33.5 Å². The van der Waals surface area contributed by atoms with E-state index in [0.29, 0.717) is 16.4 Å². The van der Waals surface area contributed by atoms with Crippen LogP contribution in [0, 0.1) is 6.92 Å². The number of hydrogen-bond acceptors (Lipinski definition) is 6. The lowest BCUT2D eigenvalue weighted by Crippen LogP contribution is -2.61. The smallest absolute Gasteiger partial charge is 0.374 e. The van der Waals surface area contributed by atoms with Crippen LogP contribution in [0.15, 0.2) is 41.6 Å². The van der Waals surface area contributed by atoms with E-state index in [0.717, 1.165) is 0 Å². The number of nitrogens with one attached hydrogen (secondary N) is 1. The number of rotatable bonds is 7. The number of halogens is 10. The van der Waals surface area contributed by atoms with Crippen molar-refractivity contribution in [2.45, 2.75) is 43.5 Å². The molecule has 0 aromatic heterocycles. The molecule has 1 atom stereocenters. The Hall–Kier alpha value is -3.09. The van der Waals surface area contributed by atoms with Crippen molar-refractivity contribution in [3.05, 3.63) is 69.2 Å². The third-order valence-electron chi connectivity index (χ3n) is 6.55. The van der Waals surface area contributed by atoms with Crippen LogP contribution in [0.5, 0.6) is 0 Å². The highest BCUT2D eigenvalue weighted by Crippen LogP contribution is 2.50. The molecule has 2 aromatic carbocycles. The van der Waals surface area contributed by atoms with Crippen molar-refractivity contribution in [2.75, 3.05) is 19.7 Å². The minimum absolute atomic E-state index is 0.0321. The minimum atomic E-state index is -5.22. The number of amides is 1. The van der Waals surface area contributed by atoms with Gasteiger partial charge in [-0.15, -0.1) is 0 Å². The predicted molar refractivity (Wildman–Crippen MR) is 131 cm³/mol. The Morgan fingerprint density at radius 1 is 1.09 bits per heavy atom. The molecule has 2 aliphatic rings. The summed E-state index contributed by atoms with van der Waals surface area (Å²) in [6.45, 7) is -1.31. The van der Waals surface area contributed by atoms with Gasteiger partial charge in [0.15, 0.2) is 6.61 Å². The second-order valence-corrected chi connectivity index (χ2v) is 11.8. The van der Waals surface area contributed by atoms with Gasteiger partial charge >= 0.3 is 28.8 Å². The molecule has 2 heterocycles. The number of oxime groups is 1. The molecule has 43 heavy (non-hydrogen) atoms. The Morgan fingerprint density at radius 2 is 1.74 bits per heavy atom. The fourth-order valence-electron chi connectivity index (χ4n) is 4.33. The van der Waals surface area contributed by atoms with Crippen molar-refractivity contribution < 1.29 is 61.7 Å². The molecule has 4 rings (SSSR count). The molecule has 0 radical (unpaired) electrons. The number of alkyl halides is 9. The van der Waals surface area contributed by atoms with Crippen molar-refractivity contribution in [1.29, 1.82) is 0 Å². The highest BCUT2D eigenvalue weighted by Gasteiger charge is 2.62. The summed E-state index contributed by atoms with van der Waals surface area (Å²) in [5.74, 6) is -0.713. The maximum atomic E-state index is 14.3. The van der Waals surface area contributed by atoms with Crippen LogP contribution in [0.1, 0.15) is 39.0 Å². The molecule has 1 N–H and O–H groups in total. The molecule has 0 spiro atoms. The molecular formula is C24H19ClF9N3O5S. The summed E-state index contributed by atoms with van der Waals surface area (Å²) in [6, 6.07) is 4.46. The first-order valence-electron chi connectivity index (χ1n) is 11.9. The molecule has 1 unspecified atom stereocenters. The van der Waals surface area contributed by atoms with E-state index < -0.39 is 75.6 Å². The first-order valence-corrected chi connectivity index (χ1v) is 13.7. The van der Waals surface area contributed by atoms with Gasteiger partial charge in [-0.05, 0) is 48.4 Å². The van der Waals surface area contributed by atoms with Gasteiger partial charge in [-0.25, -0.2) is 4.18 Å². The van der Waals surface area contributed by atoms with E-state index in [1.807, 2.05) is 0 Å². The third kappa shape index (κ3) is 7.02. The Bertz CT molecular complexity index is 1550. The monoisotopic (exact) mass is 667 g/mol. The molecule has 1 amide bonds. The van der Waals surface area contributed by atoms with Crippen LogP contribution < -0.4 is 5.32 Å². The maximum absolute atomic E-state index is 14.3. The van der Waals surface area contributed by atoms with Crippen LogP contribution in [-0.4, -0.2) is 62.4 Å². The molecule has 2 aromatic rings. The van der Waals surface area contributed by atoms with E-state index in [4.69, 9.17) is 16.4 Å². The molecule has 8 nitrogen and oxygen atoms in total. The largest absolute Gasteiger partial charge is 0.435 e. The number of nitrogens with zero attached hydrogens (tertiary/aromatic N) is 2. The number of carbonyl (C=O) groups excluding carboxylic acids is 1. The number of aryl methyl sites for hydroxylation is 1. The summed E-state index contributed by atoms with van der Waals surface area (Å²) in [5.41, 5.74) is -5.54. The number of carbonyl (C=O) groups is 1. The van der Waals surface area contributed by atoms with Gasteiger partial charge in [0.1, 0.15) is 0 Å². The summed E-state index contributed by atoms with van der Waals surface area (Å²) >= 11 is 5.70. The van der Waals surface area contributed by atoms with Crippen LogP contribution in [-0.2, 0) is 31.1 Å². The lowest BCUT2D eigenvalue weighted by Gasteiger charge is -2.37. The van der Waals surface area contributed by atoms with Crippen LogP contribution in [0.2, 0.25) is 5.02 Å². The maximum Gasteiger partial charge on any atom is 0.435 e. The number of hydrogen-bond donors (Lipinski definition) is 1. The molecule has 1 saturated heterocycles. The molecule has 2 aliphatic heterocycles. The molecule has 19 heteroatoms. The van der Waals surface area contributed by atoms with Crippen molar-refractivity contribution in [3.8, 4) is 0 Å². The van der Waals surface area contributed by atoms with Crippen molar-refractivity contribution in [3.63, 3.8) is 0 Å². The summed E-state index contributed by atoms with van der Waals surface area (Å²) in [7, 11) is -4.67. The van der Waals surface area contributed by atoms with Gasteiger partial charge in [0.05, 0.1) is 17.3 Å². The van der Waals surface area contributed by atoms with Crippen molar-refractivity contribution in [1.82, 2.24) is 9.62 Å². The summed E-state index contributed by atoms with van der Waals surface area (Å²) in [4.78, 5) is 17.5. The highest BCUT2D eigenvalue weighted by atomic mass is 35.5. The Labute approximate surface area is 242 Å². The molecule has 0 bridgehead atoms. The van der Waals surface area contributed by atoms with E-state index >= 15 is 0 Å². The first-order chi connectivity index (χ1) is 19.6. The van der Waals surface area contributed by atoms with Gasteiger partial charge < -0.3 is 10.2 Å². The lowest BCUT2D eigenvalue weighted by atomic mass is 9.85. The Balaban J connectivity index is 1.46. The van der Waals surface area contributed by atoms with E-state index in [9.17, 15) is 52.7 Å². The zero-order chi connectivity index (χ0) is 32.2. The fraction of sp³-hybridized carbons (Fsp3) is 0.417. The quantitative estimate of drug-likeness (QED) is 0.394. The van der Waals surface area contributed by atoms with Crippen LogP contribution in [0.3, 0.4) is 0 Å². The van der Waals surface area contributed by atoms with Gasteiger partial charge in [0.2, 0.25) is 0 Å². The second-order valence-electron chi connectivity index (χ2n) is 9.71. The minimum Gasteiger partial charge on any atom is -0.374 e. The van der Waals surface area contributed by atoms with E-state index in [1.54, 1.807) is 0 Å². The molecule has 0 saturated carbocycles. The van der Waals surface area contributed by atoms with Gasteiger partial charge in [0.25, 0.3) is 11.5 Å². The third-order valence-corrected chi connectivity index (χ3v) is 8.12. The van der Waals surface area contributed by atoms with E-state index in [1.165, 1.54) is 25.1 Å². The van der Waals surface area contributed by atoms with Gasteiger partial charge in [-0.2, -0.15) is 52.2 Å². The van der Waals surface area contributed by atoms with Crippen LogP contribution in [0.25, 0.3) is 0 Å². The summed E-state index contributed by atoms with van der Waals surface area (Å²) in [6.07, 6.45) is -16.1. The standard InChI is InChI=1S/C24H19ClF9N3O5S/c1-12-4-13(2-3-18(12)20(38)35-17-9-37(10-17)43(39,40)41-11-22(26,27)28)19-8-21(42-36-19,24(32,33)34)14-5-15(23(29,30)31)7-16(25)6-14/h2-7,17H,8-11H2,1H3,(H,35,38). The molecule has 236 valence electrons. The highest BCUT2D eigenvalue weighted by molar-refractivity contribution is 7.84. The first kappa shape index (κ1) is 32.8. The average Bonchev–Trinajstić information content (AvgIpc) is 3.30. The topological polar surface area (TPSA) is 97.3 Å². The Morgan fingerprint density at radius 3 is 2.30 bits per heavy atom. The summed E-state index contributed by atoms with van der Waals surface area (Å²) < 4.78 is 147. The number of benzene rings is 2. The molecule has 0 aliphatic carbocycles. The SMILES string of the molecule is Cc1cc(C2=NOC(c3cc(Cl)cc(C(F)(F)F)c3)(C(F)(F)F)C2)ccc1C(=O)NC1CN(S(=O)(=O)OCC(F)(F)F)C1. The van der Waals surface area contributed by atoms with Gasteiger partial charge in [-0.1, -0.05) is 22.8 Å². The van der Waals surface area contributed by atoms with E-state index in [-0.39, 0.29) is 41.6 Å². The summed E-state index contributed by atoms with van der Waals surface area (Å²) in [5, 5.41) is 5.38. The van der Waals surface area contributed by atoms with Crippen LogP contribution >= 0.6 is 11.6 Å². The molecule has 1 fully saturated rings. The zero-order valence-electron chi connectivity index (χ0n) is 21.5. The zero-order valence-corrected chi connectivity index (χ0v) is 23.1. The normalized spacial score (nSPS) is 20.4. The van der Waals surface area contributed by atoms with Gasteiger partial charge in [-0.3, -0.25) is 4.79 Å².